The molecule has 0 saturated carbocycles. The van der Waals surface area contributed by atoms with Gasteiger partial charge in [0.15, 0.2) is 5.11 Å². The number of hydrogen-bond acceptors (Lipinski definition) is 2. The molecule has 0 aliphatic heterocycles. The Labute approximate surface area is 124 Å². The first-order valence-corrected chi connectivity index (χ1v) is 7.29. The fourth-order valence-corrected chi connectivity index (χ4v) is 2.92. The van der Waals surface area contributed by atoms with E-state index in [0.717, 1.165) is 12.1 Å². The molecule has 3 rings (SSSR count). The first kappa shape index (κ1) is 13.1. The van der Waals surface area contributed by atoms with Gasteiger partial charge in [0.2, 0.25) is 0 Å². The molecule has 1 atom stereocenters. The molecule has 2 N–H and O–H groups in total. The molecule has 0 amide bonds. The topological polar surface area (TPSA) is 37.0 Å². The number of nitrogens with zero attached hydrogens (tertiary/aromatic N) is 1. The third-order valence-corrected chi connectivity index (χ3v) is 3.83. The van der Waals surface area contributed by atoms with Gasteiger partial charge in [0.25, 0.3) is 0 Å². The highest BCUT2D eigenvalue weighted by Crippen LogP contribution is 2.29. The Hall–Kier alpha value is -1.94. The number of rotatable bonds is 2. The summed E-state index contributed by atoms with van der Waals surface area (Å²) in [7, 11) is 0. The SMILES string of the molecule is S=C(Nc1ccncc1)NC1CCCc2ccccc21. The number of fused-ring (bicyclic) bond motifs is 1. The minimum Gasteiger partial charge on any atom is -0.356 e. The molecule has 1 unspecified atom stereocenters. The Morgan fingerprint density at radius 3 is 2.80 bits per heavy atom. The van der Waals surface area contributed by atoms with Gasteiger partial charge in [-0.05, 0) is 54.7 Å². The maximum atomic E-state index is 5.40. The normalized spacial score (nSPS) is 17.1. The summed E-state index contributed by atoms with van der Waals surface area (Å²) in [6, 6.07) is 12.7. The summed E-state index contributed by atoms with van der Waals surface area (Å²) in [5.41, 5.74) is 3.77. The van der Waals surface area contributed by atoms with E-state index in [1.54, 1.807) is 12.4 Å². The first-order valence-electron chi connectivity index (χ1n) is 6.88. The van der Waals surface area contributed by atoms with Crippen molar-refractivity contribution in [3.05, 3.63) is 59.9 Å². The zero-order valence-corrected chi connectivity index (χ0v) is 12.0. The maximum absolute atomic E-state index is 5.40. The van der Waals surface area contributed by atoms with Crippen molar-refractivity contribution in [2.45, 2.75) is 25.3 Å². The van der Waals surface area contributed by atoms with E-state index in [-0.39, 0.29) is 0 Å². The van der Waals surface area contributed by atoms with Gasteiger partial charge >= 0.3 is 0 Å². The van der Waals surface area contributed by atoms with Crippen molar-refractivity contribution >= 4 is 23.0 Å². The Morgan fingerprint density at radius 1 is 1.15 bits per heavy atom. The Morgan fingerprint density at radius 2 is 1.95 bits per heavy atom. The van der Waals surface area contributed by atoms with Crippen molar-refractivity contribution in [2.24, 2.45) is 0 Å². The minimum atomic E-state index is 0.307. The highest BCUT2D eigenvalue weighted by atomic mass is 32.1. The molecule has 0 spiro atoms. The van der Waals surface area contributed by atoms with Crippen LogP contribution in [0.25, 0.3) is 0 Å². The summed E-state index contributed by atoms with van der Waals surface area (Å²) in [4.78, 5) is 3.99. The molecule has 1 aliphatic carbocycles. The molecule has 1 heterocycles. The summed E-state index contributed by atoms with van der Waals surface area (Å²) >= 11 is 5.40. The van der Waals surface area contributed by atoms with Crippen molar-refractivity contribution < 1.29 is 0 Å². The summed E-state index contributed by atoms with van der Waals surface area (Å²) in [6.07, 6.45) is 6.99. The lowest BCUT2D eigenvalue weighted by molar-refractivity contribution is 0.529. The molecule has 102 valence electrons. The highest BCUT2D eigenvalue weighted by molar-refractivity contribution is 7.80. The second-order valence-corrected chi connectivity index (χ2v) is 5.39. The zero-order chi connectivity index (χ0) is 13.8. The number of hydrogen-bond donors (Lipinski definition) is 2. The lowest BCUT2D eigenvalue weighted by atomic mass is 9.88. The molecular weight excluding hydrogens is 266 g/mol. The van der Waals surface area contributed by atoms with Crippen molar-refractivity contribution in [2.75, 3.05) is 5.32 Å². The lowest BCUT2D eigenvalue weighted by Crippen LogP contribution is -2.34. The molecule has 0 radical (unpaired) electrons. The first-order chi connectivity index (χ1) is 9.83. The van der Waals surface area contributed by atoms with Crippen LogP contribution in [-0.2, 0) is 6.42 Å². The van der Waals surface area contributed by atoms with Crippen LogP contribution in [0.15, 0.2) is 48.8 Å². The number of benzene rings is 1. The van der Waals surface area contributed by atoms with E-state index in [9.17, 15) is 0 Å². The van der Waals surface area contributed by atoms with E-state index >= 15 is 0 Å². The monoisotopic (exact) mass is 283 g/mol. The second kappa shape index (κ2) is 6.01. The molecule has 1 aromatic carbocycles. The van der Waals surface area contributed by atoms with Gasteiger partial charge in [-0.3, -0.25) is 4.98 Å². The molecule has 1 aliphatic rings. The molecule has 0 saturated heterocycles. The van der Waals surface area contributed by atoms with E-state index in [4.69, 9.17) is 12.2 Å². The Bertz CT molecular complexity index is 598. The third kappa shape index (κ3) is 2.96. The quantitative estimate of drug-likeness (QED) is 0.828. The van der Waals surface area contributed by atoms with Gasteiger partial charge in [0.05, 0.1) is 6.04 Å². The number of anilines is 1. The highest BCUT2D eigenvalue weighted by Gasteiger charge is 2.20. The van der Waals surface area contributed by atoms with Gasteiger partial charge < -0.3 is 10.6 Å². The minimum absolute atomic E-state index is 0.307. The van der Waals surface area contributed by atoms with Crippen LogP contribution in [0.3, 0.4) is 0 Å². The molecule has 3 nitrogen and oxygen atoms in total. The van der Waals surface area contributed by atoms with E-state index < -0.39 is 0 Å². The van der Waals surface area contributed by atoms with Crippen LogP contribution in [0.1, 0.15) is 30.0 Å². The van der Waals surface area contributed by atoms with Gasteiger partial charge in [-0.1, -0.05) is 24.3 Å². The zero-order valence-electron chi connectivity index (χ0n) is 11.2. The maximum Gasteiger partial charge on any atom is 0.171 e. The van der Waals surface area contributed by atoms with Gasteiger partial charge in [-0.2, -0.15) is 0 Å². The van der Waals surface area contributed by atoms with Crippen molar-refractivity contribution in [1.29, 1.82) is 0 Å². The number of nitrogens with one attached hydrogen (secondary N) is 2. The number of thiocarbonyl (C=S) groups is 1. The molecular formula is C16H17N3S. The van der Waals surface area contributed by atoms with Crippen LogP contribution < -0.4 is 10.6 Å². The van der Waals surface area contributed by atoms with E-state index in [0.29, 0.717) is 11.2 Å². The standard InChI is InChI=1S/C16H17N3S/c20-16(18-13-8-10-17-11-9-13)19-15-7-3-5-12-4-1-2-6-14(12)15/h1-2,4,6,8-11,15H,3,5,7H2,(H2,17,18,19,20). The van der Waals surface area contributed by atoms with Crippen molar-refractivity contribution in [3.63, 3.8) is 0 Å². The van der Waals surface area contributed by atoms with E-state index in [2.05, 4.69) is 39.9 Å². The Balaban J connectivity index is 1.68. The number of aromatic nitrogens is 1. The van der Waals surface area contributed by atoms with Gasteiger partial charge in [-0.25, -0.2) is 0 Å². The van der Waals surface area contributed by atoms with Crippen LogP contribution in [0.5, 0.6) is 0 Å². The largest absolute Gasteiger partial charge is 0.356 e. The molecule has 0 bridgehead atoms. The van der Waals surface area contributed by atoms with Crippen LogP contribution in [0.4, 0.5) is 5.69 Å². The molecule has 0 fully saturated rings. The van der Waals surface area contributed by atoms with Gasteiger partial charge in [-0.15, -0.1) is 0 Å². The van der Waals surface area contributed by atoms with E-state index in [1.807, 2.05) is 12.1 Å². The van der Waals surface area contributed by atoms with Gasteiger partial charge in [0, 0.05) is 18.1 Å². The average Bonchev–Trinajstić information content (AvgIpc) is 2.48. The van der Waals surface area contributed by atoms with Crippen molar-refractivity contribution in [1.82, 2.24) is 10.3 Å². The van der Waals surface area contributed by atoms with Crippen LogP contribution in [0, 0.1) is 0 Å². The lowest BCUT2D eigenvalue weighted by Gasteiger charge is -2.27. The van der Waals surface area contributed by atoms with Gasteiger partial charge in [0.1, 0.15) is 0 Å². The van der Waals surface area contributed by atoms with E-state index in [1.165, 1.54) is 24.0 Å². The van der Waals surface area contributed by atoms with Crippen LogP contribution in [0.2, 0.25) is 0 Å². The summed E-state index contributed by atoms with van der Waals surface area (Å²) in [5, 5.41) is 7.29. The molecule has 4 heteroatoms. The molecule has 1 aromatic heterocycles. The average molecular weight is 283 g/mol. The molecule has 2 aromatic rings. The van der Waals surface area contributed by atoms with Crippen LogP contribution in [-0.4, -0.2) is 10.1 Å². The second-order valence-electron chi connectivity index (χ2n) is 4.98. The van der Waals surface area contributed by atoms with Crippen LogP contribution >= 0.6 is 12.2 Å². The summed E-state index contributed by atoms with van der Waals surface area (Å²) in [6.45, 7) is 0. The predicted octanol–water partition coefficient (Wildman–Crippen LogP) is 3.45. The fraction of sp³-hybridized carbons (Fsp3) is 0.250. The third-order valence-electron chi connectivity index (χ3n) is 3.61. The number of pyridine rings is 1. The Kier molecular flexibility index (Phi) is 3.92. The summed E-state index contributed by atoms with van der Waals surface area (Å²) < 4.78 is 0. The molecule has 20 heavy (non-hydrogen) atoms. The number of aryl methyl sites for hydroxylation is 1. The fourth-order valence-electron chi connectivity index (χ4n) is 2.66. The smallest absolute Gasteiger partial charge is 0.171 e. The summed E-state index contributed by atoms with van der Waals surface area (Å²) in [5.74, 6) is 0. The predicted molar refractivity (Wildman–Crippen MR) is 85.7 cm³/mol. The van der Waals surface area contributed by atoms with Crippen molar-refractivity contribution in [3.8, 4) is 0 Å².